The molecule has 0 radical (unpaired) electrons. The van der Waals surface area contributed by atoms with Crippen LogP contribution in [-0.2, 0) is 0 Å². The normalized spacial score (nSPS) is 12.0. The van der Waals surface area contributed by atoms with Gasteiger partial charge in [-0.1, -0.05) is 0 Å². The fourth-order valence-electron chi connectivity index (χ4n) is 0. The Morgan fingerprint density at radius 1 is 1.20 bits per heavy atom. The topological polar surface area (TPSA) is 0 Å². The maximum atomic E-state index is 5.42. The van der Waals surface area contributed by atoms with E-state index in [0.717, 1.165) is 0 Å². The van der Waals surface area contributed by atoms with E-state index in [0.29, 0.717) is 0 Å². The molecule has 5 heavy (non-hydrogen) atoms. The van der Waals surface area contributed by atoms with Gasteiger partial charge in [0.2, 0.25) is 0 Å². The van der Waals surface area contributed by atoms with Gasteiger partial charge in [0, 0.05) is 0 Å². The van der Waals surface area contributed by atoms with Crippen LogP contribution >= 0.6 is 39.3 Å². The Bertz CT molecular complexity index is 22.4. The van der Waals surface area contributed by atoms with Gasteiger partial charge >= 0.3 is 0 Å². The molecular weight excluding hydrogens is 140 g/mol. The van der Waals surface area contributed by atoms with Crippen LogP contribution in [0.1, 0.15) is 0 Å². The summed E-state index contributed by atoms with van der Waals surface area (Å²) in [6.07, 6.45) is 0. The molecule has 0 aromatic heterocycles. The van der Waals surface area contributed by atoms with Crippen LogP contribution in [0.25, 0.3) is 0 Å². The summed E-state index contributed by atoms with van der Waals surface area (Å²) >= 11 is 5.42. The van der Waals surface area contributed by atoms with Crippen LogP contribution in [0.4, 0.5) is 0 Å². The average molecular weight is 146 g/mol. The molecule has 0 rings (SSSR count). The summed E-state index contributed by atoms with van der Waals surface area (Å²) in [6.45, 7) is 0. The van der Waals surface area contributed by atoms with Crippen LogP contribution in [0, 0.1) is 0 Å². The van der Waals surface area contributed by atoms with Gasteiger partial charge in [0.15, 0.2) is 0 Å². The fourth-order valence-corrected chi connectivity index (χ4v) is 0. The van der Waals surface area contributed by atoms with Gasteiger partial charge in [0.1, 0.15) is 0 Å². The largest absolute Gasteiger partial charge is 0.107 e. The first-order valence-electron chi connectivity index (χ1n) is 1.06. The van der Waals surface area contributed by atoms with E-state index in [2.05, 4.69) is 27.7 Å². The highest BCUT2D eigenvalue weighted by molar-refractivity contribution is 7.62. The molecule has 0 aliphatic rings. The number of hydrogen-bond acceptors (Lipinski definition) is 0. The third kappa shape index (κ3) is 28.6. The molecule has 0 N–H and O–H groups in total. The summed E-state index contributed by atoms with van der Waals surface area (Å²) in [6, 6.07) is 0. The van der Waals surface area contributed by atoms with Gasteiger partial charge in [0.25, 0.3) is 0 Å². The molecule has 0 nitrogen and oxygen atoms in total. The zero-order valence-corrected chi connectivity index (χ0v) is 6.83. The molecule has 0 saturated heterocycles. The van der Waals surface area contributed by atoms with Crippen molar-refractivity contribution in [2.75, 3.05) is 0 Å². The van der Waals surface area contributed by atoms with E-state index in [-0.39, 0.29) is 4.10 Å². The highest BCUT2D eigenvalue weighted by Crippen LogP contribution is 2.37. The van der Waals surface area contributed by atoms with E-state index in [1.54, 1.807) is 0 Å². The van der Waals surface area contributed by atoms with Crippen molar-refractivity contribution in [2.24, 2.45) is 0 Å². The lowest BCUT2D eigenvalue weighted by molar-refractivity contribution is 1.88. The van der Waals surface area contributed by atoms with Gasteiger partial charge in [-0.2, -0.15) is 0 Å². The minimum atomic E-state index is -0.278. The fraction of sp³-hybridized carbons (Fsp3) is 1.00. The second-order valence-corrected chi connectivity index (χ2v) is 7.45. The molecule has 4 heteroatoms. The van der Waals surface area contributed by atoms with Gasteiger partial charge in [-0.3, -0.25) is 0 Å². The van der Waals surface area contributed by atoms with Gasteiger partial charge in [-0.05, 0) is 0 Å². The van der Waals surface area contributed by atoms with E-state index in [1.165, 1.54) is 0 Å². The van der Waals surface area contributed by atoms with Gasteiger partial charge in [-0.25, -0.2) is 0 Å². The monoisotopic (exact) mass is 146 g/mol. The second-order valence-electron chi connectivity index (χ2n) is 0.827. The molecule has 0 aliphatic heterocycles. The molecule has 32 valence electrons. The lowest BCUT2D eigenvalue weighted by Crippen LogP contribution is -1.76. The van der Waals surface area contributed by atoms with Gasteiger partial charge in [-0.15, -0.1) is 39.3 Å². The molecule has 0 heterocycles. The maximum absolute atomic E-state index is 5.42. The lowest BCUT2D eigenvalue weighted by atomic mass is 11.8. The Morgan fingerprint density at radius 3 is 1.20 bits per heavy atom. The Morgan fingerprint density at radius 2 is 1.20 bits per heavy atom. The second kappa shape index (κ2) is 2.04. The SMILES string of the molecule is PC(P)(P)Cl. The van der Waals surface area contributed by atoms with E-state index < -0.39 is 0 Å². The van der Waals surface area contributed by atoms with Crippen molar-refractivity contribution in [2.45, 2.75) is 4.10 Å². The van der Waals surface area contributed by atoms with Crippen LogP contribution in [-0.4, -0.2) is 4.10 Å². The maximum Gasteiger partial charge on any atom is 0.0846 e. The molecule has 0 aliphatic carbocycles. The molecule has 0 aromatic rings. The number of halogens is 1. The van der Waals surface area contributed by atoms with E-state index in [4.69, 9.17) is 11.6 Å². The van der Waals surface area contributed by atoms with E-state index >= 15 is 0 Å². The molecule has 3 atom stereocenters. The summed E-state index contributed by atoms with van der Waals surface area (Å²) < 4.78 is -0.278. The molecule has 0 fully saturated rings. The Kier molecular flexibility index (Phi) is 2.68. The molecule has 0 saturated carbocycles. The number of alkyl halides is 1. The predicted molar refractivity (Wildman–Crippen MR) is 37.7 cm³/mol. The Hall–Kier alpha value is 1.58. The highest BCUT2D eigenvalue weighted by Gasteiger charge is 1.99. The standard InChI is InChI=1S/CH6ClP3/c2-1(3,4)5/h3-5H2. The van der Waals surface area contributed by atoms with Crippen LogP contribution < -0.4 is 0 Å². The zero-order valence-electron chi connectivity index (χ0n) is 2.61. The van der Waals surface area contributed by atoms with Crippen molar-refractivity contribution in [3.05, 3.63) is 0 Å². The summed E-state index contributed by atoms with van der Waals surface area (Å²) in [5.41, 5.74) is 0. The Balaban J connectivity index is 3.02. The molecule has 3 unspecified atom stereocenters. The molecular formula is CH6ClP3. The third-order valence-electron chi connectivity index (χ3n) is 0. The summed E-state index contributed by atoms with van der Waals surface area (Å²) in [5, 5.41) is 0. The van der Waals surface area contributed by atoms with Gasteiger partial charge < -0.3 is 0 Å². The highest BCUT2D eigenvalue weighted by atomic mass is 35.5. The minimum Gasteiger partial charge on any atom is -0.107 e. The first-order valence-corrected chi connectivity index (χ1v) is 3.17. The molecule has 0 bridgehead atoms. The molecule has 0 spiro atoms. The quantitative estimate of drug-likeness (QED) is 0.359. The predicted octanol–water partition coefficient (Wildman–Crippen LogP) is 1.46. The summed E-state index contributed by atoms with van der Waals surface area (Å²) in [5.74, 6) is 0. The van der Waals surface area contributed by atoms with Crippen molar-refractivity contribution in [1.82, 2.24) is 0 Å². The minimum absolute atomic E-state index is 0.278. The van der Waals surface area contributed by atoms with Crippen molar-refractivity contribution in [3.63, 3.8) is 0 Å². The zero-order chi connectivity index (χ0) is 4.50. The first kappa shape index (κ1) is 6.58. The Labute approximate surface area is 44.0 Å². The van der Waals surface area contributed by atoms with Crippen LogP contribution in [0.15, 0.2) is 0 Å². The number of rotatable bonds is 0. The number of hydrogen-bond donors (Lipinski definition) is 0. The van der Waals surface area contributed by atoms with Crippen molar-refractivity contribution >= 4 is 39.3 Å². The van der Waals surface area contributed by atoms with E-state index in [9.17, 15) is 0 Å². The van der Waals surface area contributed by atoms with Gasteiger partial charge in [0.05, 0.1) is 4.10 Å². The van der Waals surface area contributed by atoms with Crippen molar-refractivity contribution < 1.29 is 0 Å². The van der Waals surface area contributed by atoms with Crippen molar-refractivity contribution in [3.8, 4) is 0 Å². The van der Waals surface area contributed by atoms with Crippen molar-refractivity contribution in [1.29, 1.82) is 0 Å². The third-order valence-corrected chi connectivity index (χ3v) is 0. The first-order chi connectivity index (χ1) is 2.00. The smallest absolute Gasteiger partial charge is 0.0846 e. The van der Waals surface area contributed by atoms with Crippen LogP contribution in [0.3, 0.4) is 0 Å². The van der Waals surface area contributed by atoms with Crippen LogP contribution in [0.2, 0.25) is 0 Å². The summed E-state index contributed by atoms with van der Waals surface area (Å²) in [7, 11) is 7.22. The van der Waals surface area contributed by atoms with E-state index in [1.807, 2.05) is 0 Å². The summed E-state index contributed by atoms with van der Waals surface area (Å²) in [4.78, 5) is 0. The lowest BCUT2D eigenvalue weighted by Gasteiger charge is -2.01. The molecule has 0 aromatic carbocycles. The average Bonchev–Trinajstić information content (AvgIpc) is 0.722. The molecule has 0 amide bonds. The van der Waals surface area contributed by atoms with Crippen LogP contribution in [0.5, 0.6) is 0 Å².